The monoisotopic (exact) mass is 429 g/mol. The first-order chi connectivity index (χ1) is 12.7. The lowest BCUT2D eigenvalue weighted by atomic mass is 10.2. The van der Waals surface area contributed by atoms with E-state index in [1.807, 2.05) is 12.3 Å². The first-order valence-electron chi connectivity index (χ1n) is 8.70. The summed E-state index contributed by atoms with van der Waals surface area (Å²) in [6.07, 6.45) is 2.59. The van der Waals surface area contributed by atoms with Crippen LogP contribution < -0.4 is 10.0 Å². The second-order valence-electron chi connectivity index (χ2n) is 6.51. The van der Waals surface area contributed by atoms with E-state index in [1.165, 1.54) is 18.2 Å². The largest absolute Gasteiger partial charge is 0.352 e. The summed E-state index contributed by atoms with van der Waals surface area (Å²) >= 11 is 7.73. The summed E-state index contributed by atoms with van der Waals surface area (Å²) < 4.78 is 27.0. The van der Waals surface area contributed by atoms with Gasteiger partial charge in [0.2, 0.25) is 10.0 Å². The summed E-state index contributed by atoms with van der Waals surface area (Å²) in [5, 5.41) is 6.13. The molecule has 1 heterocycles. The highest BCUT2D eigenvalue weighted by atomic mass is 35.5. The topological polar surface area (TPSA) is 88.2 Å². The first-order valence-corrected chi connectivity index (χ1v) is 11.4. The number of hydrogen-bond acceptors (Lipinski definition) is 5. The molecule has 27 heavy (non-hydrogen) atoms. The van der Waals surface area contributed by atoms with E-state index in [2.05, 4.69) is 15.0 Å². The third kappa shape index (κ3) is 6.57. The van der Waals surface area contributed by atoms with Crippen molar-refractivity contribution in [1.82, 2.24) is 15.0 Å². The molecular formula is C18H24ClN3O3S2. The SMILES string of the molecule is Cc1csc(CCCCNC(=O)c2cc(S(=O)(=O)NC(C)C)ccc2Cl)n1. The minimum atomic E-state index is -3.68. The standard InChI is InChI=1S/C18H24ClN3O3S2/c1-12(2)22-27(24,25)14-7-8-16(19)15(10-14)18(23)20-9-5-4-6-17-21-13(3)11-26-17/h7-8,10-12,22H,4-6,9H2,1-3H3,(H,20,23). The number of hydrogen-bond donors (Lipinski definition) is 2. The Morgan fingerprint density at radius 3 is 2.67 bits per heavy atom. The molecule has 148 valence electrons. The van der Waals surface area contributed by atoms with Crippen molar-refractivity contribution in [2.45, 2.75) is 51.0 Å². The summed E-state index contributed by atoms with van der Waals surface area (Å²) in [6, 6.07) is 3.88. The number of aryl methyl sites for hydroxylation is 2. The highest BCUT2D eigenvalue weighted by molar-refractivity contribution is 7.89. The van der Waals surface area contributed by atoms with Crippen LogP contribution in [0.4, 0.5) is 0 Å². The molecule has 0 fully saturated rings. The van der Waals surface area contributed by atoms with Crippen LogP contribution in [0.3, 0.4) is 0 Å². The predicted molar refractivity (Wildman–Crippen MR) is 109 cm³/mol. The molecule has 1 amide bonds. The quantitative estimate of drug-likeness (QED) is 0.596. The third-order valence-electron chi connectivity index (χ3n) is 3.65. The average molecular weight is 430 g/mol. The third-order valence-corrected chi connectivity index (χ3v) is 6.67. The van der Waals surface area contributed by atoms with Crippen LogP contribution in [0.25, 0.3) is 0 Å². The van der Waals surface area contributed by atoms with Gasteiger partial charge in [-0.1, -0.05) is 11.6 Å². The predicted octanol–water partition coefficient (Wildman–Crippen LogP) is 3.54. The van der Waals surface area contributed by atoms with Gasteiger partial charge in [-0.25, -0.2) is 18.1 Å². The summed E-state index contributed by atoms with van der Waals surface area (Å²) in [7, 11) is -3.68. The zero-order valence-corrected chi connectivity index (χ0v) is 18.0. The van der Waals surface area contributed by atoms with E-state index in [0.717, 1.165) is 30.0 Å². The van der Waals surface area contributed by atoms with E-state index >= 15 is 0 Å². The van der Waals surface area contributed by atoms with Gasteiger partial charge in [0.15, 0.2) is 0 Å². The number of nitrogens with zero attached hydrogens (tertiary/aromatic N) is 1. The van der Waals surface area contributed by atoms with Gasteiger partial charge in [0.25, 0.3) is 5.91 Å². The molecule has 6 nitrogen and oxygen atoms in total. The molecule has 0 atom stereocenters. The Bertz CT molecular complexity index is 895. The number of aromatic nitrogens is 1. The second kappa shape index (κ2) is 9.64. The van der Waals surface area contributed by atoms with Crippen molar-refractivity contribution in [2.24, 2.45) is 0 Å². The van der Waals surface area contributed by atoms with Gasteiger partial charge in [0, 0.05) is 23.7 Å². The van der Waals surface area contributed by atoms with Gasteiger partial charge in [-0.05, 0) is 58.2 Å². The molecule has 0 bridgehead atoms. The van der Waals surface area contributed by atoms with Crippen LogP contribution in [-0.4, -0.2) is 31.9 Å². The van der Waals surface area contributed by atoms with Crippen LogP contribution in [0.2, 0.25) is 5.02 Å². The van der Waals surface area contributed by atoms with Crippen molar-refractivity contribution in [1.29, 1.82) is 0 Å². The number of halogens is 1. The highest BCUT2D eigenvalue weighted by Gasteiger charge is 2.19. The molecule has 1 aromatic carbocycles. The van der Waals surface area contributed by atoms with Gasteiger partial charge in [0.1, 0.15) is 0 Å². The fraction of sp³-hybridized carbons (Fsp3) is 0.444. The lowest BCUT2D eigenvalue weighted by molar-refractivity contribution is 0.0953. The van der Waals surface area contributed by atoms with Crippen molar-refractivity contribution in [3.63, 3.8) is 0 Å². The van der Waals surface area contributed by atoms with E-state index in [-0.39, 0.29) is 27.4 Å². The van der Waals surface area contributed by atoms with E-state index in [1.54, 1.807) is 25.2 Å². The zero-order chi connectivity index (χ0) is 20.0. The van der Waals surface area contributed by atoms with Crippen molar-refractivity contribution in [2.75, 3.05) is 6.54 Å². The number of amides is 1. The Hall–Kier alpha value is -1.48. The lowest BCUT2D eigenvalue weighted by Crippen LogP contribution is -2.31. The fourth-order valence-electron chi connectivity index (χ4n) is 2.44. The number of sulfonamides is 1. The number of benzene rings is 1. The van der Waals surface area contributed by atoms with Gasteiger partial charge in [-0.3, -0.25) is 4.79 Å². The average Bonchev–Trinajstić information content (AvgIpc) is 2.98. The van der Waals surface area contributed by atoms with Crippen molar-refractivity contribution in [3.8, 4) is 0 Å². The van der Waals surface area contributed by atoms with Crippen LogP contribution in [0.5, 0.6) is 0 Å². The smallest absolute Gasteiger partial charge is 0.252 e. The van der Waals surface area contributed by atoms with Crippen molar-refractivity contribution < 1.29 is 13.2 Å². The Labute approximate surface area is 169 Å². The molecule has 1 aromatic heterocycles. The minimum Gasteiger partial charge on any atom is -0.352 e. The van der Waals surface area contributed by atoms with Crippen LogP contribution in [0.1, 0.15) is 47.7 Å². The van der Waals surface area contributed by atoms with Gasteiger partial charge >= 0.3 is 0 Å². The zero-order valence-electron chi connectivity index (χ0n) is 15.6. The summed E-state index contributed by atoms with van der Waals surface area (Å²) in [4.78, 5) is 16.8. The molecule has 0 aliphatic rings. The minimum absolute atomic E-state index is 0.0184. The number of carbonyl (C=O) groups is 1. The van der Waals surface area contributed by atoms with Crippen LogP contribution in [0.15, 0.2) is 28.5 Å². The molecule has 0 saturated heterocycles. The number of nitrogens with one attached hydrogen (secondary N) is 2. The number of thiazole rings is 1. The van der Waals surface area contributed by atoms with Gasteiger partial charge in [-0.15, -0.1) is 11.3 Å². The van der Waals surface area contributed by atoms with Crippen LogP contribution in [0, 0.1) is 6.92 Å². The molecule has 2 N–H and O–H groups in total. The maximum atomic E-state index is 12.4. The lowest BCUT2D eigenvalue weighted by Gasteiger charge is -2.12. The molecule has 2 rings (SSSR count). The Morgan fingerprint density at radius 1 is 1.30 bits per heavy atom. The molecule has 0 aliphatic heterocycles. The van der Waals surface area contributed by atoms with E-state index in [0.29, 0.717) is 6.54 Å². The number of rotatable bonds is 9. The van der Waals surface area contributed by atoms with Crippen LogP contribution in [-0.2, 0) is 16.4 Å². The number of carbonyl (C=O) groups excluding carboxylic acids is 1. The van der Waals surface area contributed by atoms with Gasteiger partial charge in [0.05, 0.1) is 20.5 Å². The molecule has 0 saturated carbocycles. The van der Waals surface area contributed by atoms with Crippen LogP contribution >= 0.6 is 22.9 Å². The summed E-state index contributed by atoms with van der Waals surface area (Å²) in [5.74, 6) is -0.383. The highest BCUT2D eigenvalue weighted by Crippen LogP contribution is 2.21. The maximum absolute atomic E-state index is 12.4. The Balaban J connectivity index is 1.92. The van der Waals surface area contributed by atoms with Crippen molar-refractivity contribution in [3.05, 3.63) is 44.9 Å². The molecule has 0 aliphatic carbocycles. The van der Waals surface area contributed by atoms with Crippen molar-refractivity contribution >= 4 is 38.9 Å². The van der Waals surface area contributed by atoms with Gasteiger partial charge in [-0.2, -0.15) is 0 Å². The molecule has 0 radical (unpaired) electrons. The van der Waals surface area contributed by atoms with E-state index in [9.17, 15) is 13.2 Å². The molecule has 0 spiro atoms. The normalized spacial score (nSPS) is 11.7. The summed E-state index contributed by atoms with van der Waals surface area (Å²) in [6.45, 7) is 5.91. The molecule has 9 heteroatoms. The first kappa shape index (κ1) is 21.8. The second-order valence-corrected chi connectivity index (χ2v) is 9.58. The maximum Gasteiger partial charge on any atom is 0.252 e. The van der Waals surface area contributed by atoms with E-state index < -0.39 is 10.0 Å². The molecule has 0 unspecified atom stereocenters. The fourth-order valence-corrected chi connectivity index (χ4v) is 4.74. The van der Waals surface area contributed by atoms with E-state index in [4.69, 9.17) is 11.6 Å². The Morgan fingerprint density at radius 2 is 2.04 bits per heavy atom. The molecule has 2 aromatic rings. The molecular weight excluding hydrogens is 406 g/mol. The van der Waals surface area contributed by atoms with Gasteiger partial charge < -0.3 is 5.32 Å². The number of unbranched alkanes of at least 4 members (excludes halogenated alkanes) is 1. The summed E-state index contributed by atoms with van der Waals surface area (Å²) in [5.41, 5.74) is 1.18. The Kier molecular flexibility index (Phi) is 7.79.